The van der Waals surface area contributed by atoms with E-state index < -0.39 is 11.9 Å². The largest absolute Gasteiger partial charge is 0.478 e. The SMILES string of the molecule is CCCCCC(C(=O)O)=C(C(=O)O)C(C)C. The van der Waals surface area contributed by atoms with Crippen molar-refractivity contribution < 1.29 is 19.8 Å². The Balaban J connectivity index is 5.01. The molecular weight excluding hydrogens is 208 g/mol. The molecule has 0 aromatic heterocycles. The van der Waals surface area contributed by atoms with E-state index in [1.54, 1.807) is 13.8 Å². The number of hydrogen-bond acceptors (Lipinski definition) is 2. The van der Waals surface area contributed by atoms with Crippen molar-refractivity contribution in [1.82, 2.24) is 0 Å². The fourth-order valence-corrected chi connectivity index (χ4v) is 1.63. The van der Waals surface area contributed by atoms with E-state index in [0.29, 0.717) is 6.42 Å². The molecule has 0 saturated carbocycles. The number of carboxylic acids is 2. The number of unbranched alkanes of at least 4 members (excludes halogenated alkanes) is 2. The Morgan fingerprint density at radius 1 is 1.06 bits per heavy atom. The van der Waals surface area contributed by atoms with Crippen LogP contribution in [0.1, 0.15) is 46.5 Å². The molecule has 16 heavy (non-hydrogen) atoms. The van der Waals surface area contributed by atoms with Crippen LogP contribution in [0.3, 0.4) is 0 Å². The van der Waals surface area contributed by atoms with Gasteiger partial charge in [0, 0.05) is 11.1 Å². The van der Waals surface area contributed by atoms with Crippen molar-refractivity contribution in [2.45, 2.75) is 46.5 Å². The van der Waals surface area contributed by atoms with Gasteiger partial charge in [0.1, 0.15) is 0 Å². The third-order valence-electron chi connectivity index (χ3n) is 2.42. The molecule has 0 aliphatic carbocycles. The van der Waals surface area contributed by atoms with Gasteiger partial charge in [-0.15, -0.1) is 0 Å². The summed E-state index contributed by atoms with van der Waals surface area (Å²) in [4.78, 5) is 22.0. The van der Waals surface area contributed by atoms with Gasteiger partial charge in [-0.1, -0.05) is 33.6 Å². The zero-order valence-electron chi connectivity index (χ0n) is 10.1. The third kappa shape index (κ3) is 4.47. The van der Waals surface area contributed by atoms with Crippen LogP contribution in [0.2, 0.25) is 0 Å². The molecule has 0 saturated heterocycles. The van der Waals surface area contributed by atoms with Gasteiger partial charge in [0.05, 0.1) is 0 Å². The lowest BCUT2D eigenvalue weighted by atomic mass is 9.94. The van der Waals surface area contributed by atoms with Crippen LogP contribution in [0.4, 0.5) is 0 Å². The van der Waals surface area contributed by atoms with Gasteiger partial charge in [-0.25, -0.2) is 9.59 Å². The first-order valence-electron chi connectivity index (χ1n) is 5.61. The number of rotatable bonds is 7. The first-order valence-corrected chi connectivity index (χ1v) is 5.61. The maximum atomic E-state index is 11.0. The highest BCUT2D eigenvalue weighted by molar-refractivity contribution is 5.99. The van der Waals surface area contributed by atoms with Crippen LogP contribution in [-0.4, -0.2) is 22.2 Å². The van der Waals surface area contributed by atoms with Crippen LogP contribution < -0.4 is 0 Å². The molecule has 0 radical (unpaired) electrons. The molecule has 0 spiro atoms. The third-order valence-corrected chi connectivity index (χ3v) is 2.42. The van der Waals surface area contributed by atoms with E-state index in [4.69, 9.17) is 10.2 Å². The van der Waals surface area contributed by atoms with Crippen molar-refractivity contribution >= 4 is 11.9 Å². The summed E-state index contributed by atoms with van der Waals surface area (Å²) in [6.45, 7) is 5.42. The van der Waals surface area contributed by atoms with Crippen molar-refractivity contribution in [3.63, 3.8) is 0 Å². The standard InChI is InChI=1S/C12H20O4/c1-4-5-6-7-9(11(13)14)10(8(2)3)12(15)16/h8H,4-7H2,1-3H3,(H,13,14)(H,15,16). The van der Waals surface area contributed by atoms with Gasteiger partial charge < -0.3 is 10.2 Å². The van der Waals surface area contributed by atoms with Gasteiger partial charge in [-0.3, -0.25) is 0 Å². The van der Waals surface area contributed by atoms with Crippen molar-refractivity contribution in [3.8, 4) is 0 Å². The second kappa shape index (κ2) is 7.04. The minimum Gasteiger partial charge on any atom is -0.478 e. The normalized spacial score (nSPS) is 12.5. The predicted octanol–water partition coefficient (Wildman–Crippen LogP) is 2.69. The lowest BCUT2D eigenvalue weighted by Crippen LogP contribution is -2.15. The van der Waals surface area contributed by atoms with Crippen LogP contribution >= 0.6 is 0 Å². The van der Waals surface area contributed by atoms with Gasteiger partial charge in [0.25, 0.3) is 0 Å². The Hall–Kier alpha value is -1.32. The first kappa shape index (κ1) is 14.7. The average molecular weight is 228 g/mol. The molecule has 0 amide bonds. The predicted molar refractivity (Wildman–Crippen MR) is 61.3 cm³/mol. The quantitative estimate of drug-likeness (QED) is 0.519. The molecule has 0 aromatic rings. The van der Waals surface area contributed by atoms with E-state index in [-0.39, 0.29) is 17.1 Å². The Bertz CT molecular complexity index is 289. The van der Waals surface area contributed by atoms with Crippen molar-refractivity contribution in [2.24, 2.45) is 5.92 Å². The van der Waals surface area contributed by atoms with Crippen molar-refractivity contribution in [2.75, 3.05) is 0 Å². The minimum absolute atomic E-state index is 0.0311. The summed E-state index contributed by atoms with van der Waals surface area (Å²) >= 11 is 0. The fraction of sp³-hybridized carbons (Fsp3) is 0.667. The van der Waals surface area contributed by atoms with Gasteiger partial charge in [-0.2, -0.15) is 0 Å². The Labute approximate surface area is 96.0 Å². The van der Waals surface area contributed by atoms with E-state index >= 15 is 0 Å². The minimum atomic E-state index is -1.12. The van der Waals surface area contributed by atoms with Crippen LogP contribution in [0.25, 0.3) is 0 Å². The van der Waals surface area contributed by atoms with Gasteiger partial charge in [0.2, 0.25) is 0 Å². The molecule has 0 rings (SSSR count). The molecule has 0 heterocycles. The van der Waals surface area contributed by atoms with Crippen molar-refractivity contribution in [3.05, 3.63) is 11.1 Å². The molecular formula is C12H20O4. The first-order chi connectivity index (χ1) is 7.41. The van der Waals surface area contributed by atoms with Gasteiger partial charge in [-0.05, 0) is 18.8 Å². The number of carboxylic acid groups (broad SMARTS) is 2. The Morgan fingerprint density at radius 2 is 1.62 bits per heavy atom. The van der Waals surface area contributed by atoms with Crippen LogP contribution in [0.15, 0.2) is 11.1 Å². The molecule has 0 aliphatic rings. The van der Waals surface area contributed by atoms with Crippen LogP contribution in [0.5, 0.6) is 0 Å². The van der Waals surface area contributed by atoms with Gasteiger partial charge in [0.15, 0.2) is 0 Å². The van der Waals surface area contributed by atoms with E-state index in [9.17, 15) is 9.59 Å². The number of aliphatic carboxylic acids is 2. The highest BCUT2D eigenvalue weighted by atomic mass is 16.4. The molecule has 2 N–H and O–H groups in total. The molecule has 0 fully saturated rings. The zero-order chi connectivity index (χ0) is 12.7. The smallest absolute Gasteiger partial charge is 0.332 e. The Morgan fingerprint density at radius 3 is 1.94 bits per heavy atom. The fourth-order valence-electron chi connectivity index (χ4n) is 1.63. The molecule has 0 bridgehead atoms. The average Bonchev–Trinajstić information content (AvgIpc) is 2.14. The maximum absolute atomic E-state index is 11.0. The summed E-state index contributed by atoms with van der Waals surface area (Å²) in [5, 5.41) is 18.0. The molecule has 0 atom stereocenters. The monoisotopic (exact) mass is 228 g/mol. The summed E-state index contributed by atoms with van der Waals surface area (Å²) in [5.74, 6) is -2.50. The molecule has 0 aliphatic heterocycles. The lowest BCUT2D eigenvalue weighted by molar-refractivity contribution is -0.136. The van der Waals surface area contributed by atoms with Gasteiger partial charge >= 0.3 is 11.9 Å². The number of hydrogen-bond donors (Lipinski definition) is 2. The second-order valence-corrected chi connectivity index (χ2v) is 4.11. The second-order valence-electron chi connectivity index (χ2n) is 4.11. The molecule has 4 nitrogen and oxygen atoms in total. The molecule has 0 aromatic carbocycles. The summed E-state index contributed by atoms with van der Waals surface area (Å²) in [6, 6.07) is 0. The Kier molecular flexibility index (Phi) is 6.46. The zero-order valence-corrected chi connectivity index (χ0v) is 10.1. The molecule has 0 unspecified atom stereocenters. The van der Waals surface area contributed by atoms with E-state index in [1.165, 1.54) is 0 Å². The summed E-state index contributed by atoms with van der Waals surface area (Å²) < 4.78 is 0. The molecule has 4 heteroatoms. The summed E-state index contributed by atoms with van der Waals surface area (Å²) in [5.41, 5.74) is 0.0829. The molecule has 92 valence electrons. The van der Waals surface area contributed by atoms with E-state index in [1.807, 2.05) is 6.92 Å². The van der Waals surface area contributed by atoms with Crippen molar-refractivity contribution in [1.29, 1.82) is 0 Å². The highest BCUT2D eigenvalue weighted by Crippen LogP contribution is 2.20. The van der Waals surface area contributed by atoms with E-state index in [2.05, 4.69) is 0 Å². The lowest BCUT2D eigenvalue weighted by Gasteiger charge is -2.11. The summed E-state index contributed by atoms with van der Waals surface area (Å²) in [6.07, 6.45) is 2.96. The van der Waals surface area contributed by atoms with Crippen LogP contribution in [0, 0.1) is 5.92 Å². The highest BCUT2D eigenvalue weighted by Gasteiger charge is 2.22. The number of carbonyl (C=O) groups is 2. The summed E-state index contributed by atoms with van der Waals surface area (Å²) in [7, 11) is 0. The van der Waals surface area contributed by atoms with E-state index in [0.717, 1.165) is 19.3 Å². The topological polar surface area (TPSA) is 74.6 Å². The van der Waals surface area contributed by atoms with Crippen LogP contribution in [-0.2, 0) is 9.59 Å². The maximum Gasteiger partial charge on any atom is 0.332 e.